The van der Waals surface area contributed by atoms with Crippen LogP contribution in [0.15, 0.2) is 12.2 Å². The zero-order valence-corrected chi connectivity index (χ0v) is 21.9. The van der Waals surface area contributed by atoms with E-state index in [1.807, 2.05) is 0 Å². The topological polar surface area (TPSA) is 12.5 Å². The molecule has 2 aliphatic rings. The molecule has 0 N–H and O–H groups in total. The molecule has 0 radical (unpaired) electrons. The Morgan fingerprint density at radius 2 is 1.45 bits per heavy atom. The number of unbranched alkanes of at least 4 members (excludes halogenated alkanes) is 9. The van der Waals surface area contributed by atoms with Crippen molar-refractivity contribution < 1.29 is 4.65 Å². The summed E-state index contributed by atoms with van der Waals surface area (Å²) in [5.74, 6) is 0. The quantitative estimate of drug-likeness (QED) is 0.151. The predicted octanol–water partition coefficient (Wildman–Crippen LogP) is 8.21. The maximum Gasteiger partial charge on any atom is 0.388 e. The van der Waals surface area contributed by atoms with Crippen LogP contribution >= 0.6 is 0 Å². The number of hydrogen-bond donors (Lipinski definition) is 0. The smallest absolute Gasteiger partial charge is 0.388 e. The van der Waals surface area contributed by atoms with Gasteiger partial charge >= 0.3 is 7.05 Å². The molecule has 1 fully saturated rings. The molecule has 0 unspecified atom stereocenters. The second kappa shape index (κ2) is 11.0. The molecule has 2 rings (SSSR count). The number of fused-ring (bicyclic) bond motifs is 1. The molecule has 0 aromatic rings. The Kier molecular flexibility index (Phi) is 9.56. The molecule has 0 aromatic carbocycles. The zero-order valence-electron chi connectivity index (χ0n) is 20.9. The van der Waals surface area contributed by atoms with E-state index in [1.165, 1.54) is 77.0 Å². The minimum absolute atomic E-state index is 0.322. The van der Waals surface area contributed by atoms with E-state index in [0.29, 0.717) is 23.4 Å². The highest BCUT2D eigenvalue weighted by Crippen LogP contribution is 2.63. The average molecular weight is 420 g/mol. The first-order valence-electron chi connectivity index (χ1n) is 12.8. The summed E-state index contributed by atoms with van der Waals surface area (Å²) in [6, 6.07) is 0.640. The van der Waals surface area contributed by atoms with Gasteiger partial charge < -0.3 is 9.13 Å². The molecule has 29 heavy (non-hydrogen) atoms. The molecular weight excluding hydrogens is 369 g/mol. The van der Waals surface area contributed by atoms with Gasteiger partial charge in [-0.3, -0.25) is 0 Å². The van der Waals surface area contributed by atoms with Gasteiger partial charge in [0, 0.05) is 18.0 Å². The standard InChI is InChI=1S/C25H50BNOSi/c1-8-10-11-12-13-14-15-16-17-18-22-28-26-25(20-9-2)21-19-23(25)27(26)29(6,7)24(3,4)5/h19,21,23H,8-18,20,22H2,1-7H3/t23-,25+/m1/s1. The summed E-state index contributed by atoms with van der Waals surface area (Å²) in [5, 5.41) is 0.691. The van der Waals surface area contributed by atoms with E-state index >= 15 is 0 Å². The zero-order chi connectivity index (χ0) is 21.5. The first-order chi connectivity index (χ1) is 13.7. The lowest BCUT2D eigenvalue weighted by atomic mass is 9.36. The van der Waals surface area contributed by atoms with Crippen LogP contribution in [0, 0.1) is 0 Å². The fourth-order valence-corrected chi connectivity index (χ4v) is 7.87. The molecule has 1 saturated heterocycles. The van der Waals surface area contributed by atoms with E-state index in [0.717, 1.165) is 6.61 Å². The van der Waals surface area contributed by atoms with E-state index in [-0.39, 0.29) is 0 Å². The molecule has 2 atom stereocenters. The van der Waals surface area contributed by atoms with Gasteiger partial charge in [-0.25, -0.2) is 0 Å². The van der Waals surface area contributed by atoms with Crippen LogP contribution in [-0.4, -0.2) is 32.4 Å². The van der Waals surface area contributed by atoms with E-state index < -0.39 is 8.24 Å². The average Bonchev–Trinajstić information content (AvgIpc) is 2.64. The molecule has 0 bridgehead atoms. The molecule has 0 spiro atoms. The van der Waals surface area contributed by atoms with Crippen LogP contribution in [0.5, 0.6) is 0 Å². The number of rotatable bonds is 15. The lowest BCUT2D eigenvalue weighted by Crippen LogP contribution is -2.81. The van der Waals surface area contributed by atoms with Crippen LogP contribution in [0.1, 0.15) is 112 Å². The fourth-order valence-electron chi connectivity index (χ4n) is 5.17. The third kappa shape index (κ3) is 5.60. The van der Waals surface area contributed by atoms with Gasteiger partial charge in [-0.15, -0.1) is 0 Å². The van der Waals surface area contributed by atoms with Crippen molar-refractivity contribution in [2.45, 2.75) is 141 Å². The minimum Gasteiger partial charge on any atom is -0.421 e. The van der Waals surface area contributed by atoms with E-state index in [4.69, 9.17) is 4.65 Å². The Hall–Kier alpha value is -0.0582. The van der Waals surface area contributed by atoms with Crippen LogP contribution in [0.2, 0.25) is 23.4 Å². The van der Waals surface area contributed by atoms with Gasteiger partial charge in [0.15, 0.2) is 0 Å². The summed E-state index contributed by atoms with van der Waals surface area (Å²) in [5.41, 5.74) is 0. The second-order valence-corrected chi connectivity index (χ2v) is 16.4. The Labute approximate surface area is 184 Å². The maximum absolute atomic E-state index is 6.64. The van der Waals surface area contributed by atoms with Gasteiger partial charge in [-0.05, 0) is 17.9 Å². The van der Waals surface area contributed by atoms with Crippen LogP contribution in [-0.2, 0) is 4.65 Å². The van der Waals surface area contributed by atoms with Gasteiger partial charge in [0.1, 0.15) is 8.24 Å². The van der Waals surface area contributed by atoms with Gasteiger partial charge in [0.25, 0.3) is 0 Å². The third-order valence-corrected chi connectivity index (χ3v) is 13.6. The molecule has 1 aliphatic carbocycles. The van der Waals surface area contributed by atoms with Gasteiger partial charge in [0.05, 0.1) is 0 Å². The van der Waals surface area contributed by atoms with Crippen LogP contribution < -0.4 is 0 Å². The van der Waals surface area contributed by atoms with Crippen molar-refractivity contribution in [3.63, 3.8) is 0 Å². The molecule has 2 nitrogen and oxygen atoms in total. The third-order valence-electron chi connectivity index (χ3n) is 8.09. The number of nitrogens with zero attached hydrogens (tertiary/aromatic N) is 1. The van der Waals surface area contributed by atoms with Crippen molar-refractivity contribution >= 4 is 15.3 Å². The summed E-state index contributed by atoms with van der Waals surface area (Å²) >= 11 is 0. The molecular formula is C25H50BNOSi. The Bertz CT molecular complexity index is 515. The van der Waals surface area contributed by atoms with Crippen molar-refractivity contribution in [3.05, 3.63) is 12.2 Å². The highest BCUT2D eigenvalue weighted by atomic mass is 28.3. The molecule has 1 heterocycles. The molecule has 1 aliphatic heterocycles. The van der Waals surface area contributed by atoms with Crippen molar-refractivity contribution in [2.24, 2.45) is 0 Å². The molecule has 0 amide bonds. The molecule has 168 valence electrons. The minimum atomic E-state index is -1.56. The van der Waals surface area contributed by atoms with E-state index in [9.17, 15) is 0 Å². The van der Waals surface area contributed by atoms with Crippen molar-refractivity contribution in [1.82, 2.24) is 4.48 Å². The van der Waals surface area contributed by atoms with Crippen LogP contribution in [0.25, 0.3) is 0 Å². The largest absolute Gasteiger partial charge is 0.421 e. The fraction of sp³-hybridized carbons (Fsp3) is 0.920. The van der Waals surface area contributed by atoms with Crippen molar-refractivity contribution in [3.8, 4) is 0 Å². The molecule has 0 aromatic heterocycles. The summed E-state index contributed by atoms with van der Waals surface area (Å²) in [7, 11) is -1.23. The second-order valence-electron chi connectivity index (χ2n) is 11.3. The molecule has 4 heteroatoms. The number of hydrogen-bond acceptors (Lipinski definition) is 2. The highest BCUT2D eigenvalue weighted by molar-refractivity contribution is 6.87. The summed E-state index contributed by atoms with van der Waals surface area (Å²) in [6.45, 7) is 18.0. The van der Waals surface area contributed by atoms with E-state index in [1.54, 1.807) is 0 Å². The summed E-state index contributed by atoms with van der Waals surface area (Å²) in [4.78, 5) is 0. The monoisotopic (exact) mass is 419 g/mol. The van der Waals surface area contributed by atoms with Crippen molar-refractivity contribution in [2.75, 3.05) is 6.61 Å². The highest BCUT2D eigenvalue weighted by Gasteiger charge is 2.70. The molecule has 0 saturated carbocycles. The lowest BCUT2D eigenvalue weighted by molar-refractivity contribution is 0.159. The normalized spacial score (nSPS) is 24.4. The lowest BCUT2D eigenvalue weighted by Gasteiger charge is -2.69. The van der Waals surface area contributed by atoms with Gasteiger partial charge in [0.2, 0.25) is 0 Å². The Morgan fingerprint density at radius 1 is 0.897 bits per heavy atom. The summed E-state index contributed by atoms with van der Waals surface area (Å²) < 4.78 is 9.46. The summed E-state index contributed by atoms with van der Waals surface area (Å²) in [6.07, 6.45) is 21.3. The van der Waals surface area contributed by atoms with Crippen molar-refractivity contribution in [1.29, 1.82) is 0 Å². The maximum atomic E-state index is 6.64. The Balaban J connectivity index is 1.73. The van der Waals surface area contributed by atoms with E-state index in [2.05, 4.69) is 64.3 Å². The van der Waals surface area contributed by atoms with Gasteiger partial charge in [-0.1, -0.05) is 124 Å². The Morgan fingerprint density at radius 3 is 1.90 bits per heavy atom. The predicted molar refractivity (Wildman–Crippen MR) is 133 cm³/mol. The van der Waals surface area contributed by atoms with Crippen LogP contribution in [0.4, 0.5) is 0 Å². The van der Waals surface area contributed by atoms with Gasteiger partial charge in [-0.2, -0.15) is 0 Å². The first-order valence-corrected chi connectivity index (χ1v) is 15.8. The first kappa shape index (κ1) is 25.2. The SMILES string of the molecule is CCCCCCCCCCCCOB1N([Si](C)(C)C(C)(C)C)[C@@H]2C=C[C@]12CCC. The van der Waals surface area contributed by atoms with Crippen LogP contribution in [0.3, 0.4) is 0 Å².